The first kappa shape index (κ1) is 21.8. The molecule has 0 spiro atoms. The molecule has 11 heteroatoms. The zero-order chi connectivity index (χ0) is 15.7. The van der Waals surface area contributed by atoms with Crippen molar-refractivity contribution in [2.45, 2.75) is 0 Å². The zero-order valence-corrected chi connectivity index (χ0v) is 13.7. The Bertz CT molecular complexity index is 321. The molecule has 0 atom stereocenters. The summed E-state index contributed by atoms with van der Waals surface area (Å²) < 4.78 is 0. The Labute approximate surface area is 133 Å². The minimum atomic E-state index is -1.23. The second-order valence-corrected chi connectivity index (χ2v) is 4.00. The fraction of sp³-hybridized carbons (Fsp3) is 0.600. The van der Waals surface area contributed by atoms with Gasteiger partial charge in [0.15, 0.2) is 0 Å². The molecule has 0 bridgehead atoms. The van der Waals surface area contributed by atoms with Crippen LogP contribution < -0.4 is 0 Å². The van der Waals surface area contributed by atoms with Crippen molar-refractivity contribution in [1.29, 1.82) is 0 Å². The third-order valence-electron chi connectivity index (χ3n) is 2.17. The Kier molecular flexibility index (Phi) is 11.6. The van der Waals surface area contributed by atoms with Gasteiger partial charge in [0.1, 0.15) is 0 Å². The Morgan fingerprint density at radius 1 is 0.571 bits per heavy atom. The van der Waals surface area contributed by atoms with E-state index in [4.69, 9.17) is 20.4 Å². The first-order valence-electron chi connectivity index (χ1n) is 5.52. The molecule has 0 heterocycles. The molecule has 0 aromatic carbocycles. The summed E-state index contributed by atoms with van der Waals surface area (Å²) in [5.74, 6) is -4.91. The van der Waals surface area contributed by atoms with Gasteiger partial charge in [-0.15, -0.1) is 0 Å². The zero-order valence-electron chi connectivity index (χ0n) is 10.9. The average molecular weight is 478 g/mol. The van der Waals surface area contributed by atoms with Crippen molar-refractivity contribution in [3.8, 4) is 0 Å². The van der Waals surface area contributed by atoms with Crippen LogP contribution in [0.2, 0.25) is 0 Å². The van der Waals surface area contributed by atoms with Gasteiger partial charge < -0.3 is 20.4 Å². The van der Waals surface area contributed by atoms with E-state index < -0.39 is 50.1 Å². The Morgan fingerprint density at radius 3 is 0.905 bits per heavy atom. The maximum atomic E-state index is 10.6. The number of carbonyl (C=O) groups is 4. The fourth-order valence-corrected chi connectivity index (χ4v) is 1.48. The van der Waals surface area contributed by atoms with Crippen LogP contribution in [0.5, 0.6) is 0 Å². The molecule has 0 rings (SSSR count). The van der Waals surface area contributed by atoms with E-state index in [1.807, 2.05) is 0 Å². The summed E-state index contributed by atoms with van der Waals surface area (Å²) in [5.41, 5.74) is 0. The van der Waals surface area contributed by atoms with Gasteiger partial charge in [0, 0.05) is 33.5 Å². The summed E-state index contributed by atoms with van der Waals surface area (Å²) in [6.45, 7) is -2.25. The van der Waals surface area contributed by atoms with Gasteiger partial charge in [-0.05, 0) is 0 Å². The molecule has 121 valence electrons. The molecule has 0 aliphatic heterocycles. The number of carboxylic acids is 4. The van der Waals surface area contributed by atoms with Gasteiger partial charge >= 0.3 is 23.9 Å². The molecule has 0 saturated carbocycles. The van der Waals surface area contributed by atoms with Crippen LogP contribution in [0.1, 0.15) is 0 Å². The van der Waals surface area contributed by atoms with Crippen LogP contribution in [0.4, 0.5) is 0 Å². The van der Waals surface area contributed by atoms with Gasteiger partial charge in [-0.25, -0.2) is 0 Å². The van der Waals surface area contributed by atoms with Crippen molar-refractivity contribution in [3.05, 3.63) is 0 Å². The van der Waals surface area contributed by atoms with Gasteiger partial charge in [0.25, 0.3) is 0 Å². The summed E-state index contributed by atoms with van der Waals surface area (Å²) >= 11 is 0. The van der Waals surface area contributed by atoms with E-state index in [9.17, 15) is 19.2 Å². The van der Waals surface area contributed by atoms with E-state index in [2.05, 4.69) is 0 Å². The maximum absolute atomic E-state index is 10.6. The molecule has 10 nitrogen and oxygen atoms in total. The van der Waals surface area contributed by atoms with Crippen LogP contribution in [0.3, 0.4) is 0 Å². The fourth-order valence-electron chi connectivity index (χ4n) is 1.48. The molecule has 0 aliphatic carbocycles. The minimum Gasteiger partial charge on any atom is -0.480 e. The predicted octanol–water partition coefficient (Wildman–Crippen LogP) is -2.07. The average Bonchev–Trinajstić information content (AvgIpc) is 2.22. The number of aliphatic carboxylic acids is 4. The predicted molar refractivity (Wildman–Crippen MR) is 63.4 cm³/mol. The number of hydrogen-bond donors (Lipinski definition) is 4. The van der Waals surface area contributed by atoms with Crippen molar-refractivity contribution >= 4 is 23.9 Å². The first-order valence-corrected chi connectivity index (χ1v) is 5.52. The van der Waals surface area contributed by atoms with Gasteiger partial charge in [-0.2, -0.15) is 0 Å². The van der Waals surface area contributed by atoms with Crippen molar-refractivity contribution in [2.75, 3.05) is 39.3 Å². The third-order valence-corrected chi connectivity index (χ3v) is 2.17. The standard InChI is InChI=1S/C10H16N2O8.Re/c13-7(14)3-11(4-8(15)16)1-2-12(5-9(17)18)6-10(19)20;/h1-6H2,(H,13,14)(H,15,16)(H,17,18)(H,19,20);. The molecule has 0 aromatic heterocycles. The number of carboxylic acid groups (broad SMARTS) is 4. The van der Waals surface area contributed by atoms with Crippen LogP contribution >= 0.6 is 0 Å². The minimum absolute atomic E-state index is 0. The second-order valence-electron chi connectivity index (χ2n) is 4.00. The Balaban J connectivity index is 0. The van der Waals surface area contributed by atoms with E-state index in [0.29, 0.717) is 0 Å². The summed E-state index contributed by atoms with van der Waals surface area (Å²) in [5, 5.41) is 34.5. The summed E-state index contributed by atoms with van der Waals surface area (Å²) in [6, 6.07) is 0. The van der Waals surface area contributed by atoms with Crippen LogP contribution in [-0.4, -0.2) is 93.4 Å². The molecule has 21 heavy (non-hydrogen) atoms. The first-order chi connectivity index (χ1) is 9.20. The van der Waals surface area contributed by atoms with E-state index in [0.717, 1.165) is 9.80 Å². The monoisotopic (exact) mass is 479 g/mol. The smallest absolute Gasteiger partial charge is 0.317 e. The van der Waals surface area contributed by atoms with Crippen LogP contribution in [0.15, 0.2) is 0 Å². The molecule has 0 aliphatic rings. The normalized spacial score (nSPS) is 10.2. The van der Waals surface area contributed by atoms with Gasteiger partial charge in [0.05, 0.1) is 26.2 Å². The van der Waals surface area contributed by atoms with Crippen LogP contribution in [0.25, 0.3) is 0 Å². The van der Waals surface area contributed by atoms with E-state index in [-0.39, 0.29) is 33.5 Å². The molecule has 0 unspecified atom stereocenters. The maximum Gasteiger partial charge on any atom is 0.317 e. The van der Waals surface area contributed by atoms with Crippen molar-refractivity contribution in [3.63, 3.8) is 0 Å². The van der Waals surface area contributed by atoms with Crippen molar-refractivity contribution in [1.82, 2.24) is 9.80 Å². The van der Waals surface area contributed by atoms with Crippen molar-refractivity contribution in [2.24, 2.45) is 0 Å². The van der Waals surface area contributed by atoms with Gasteiger partial charge in [-0.3, -0.25) is 29.0 Å². The van der Waals surface area contributed by atoms with Gasteiger partial charge in [-0.1, -0.05) is 0 Å². The number of rotatable bonds is 11. The van der Waals surface area contributed by atoms with Crippen LogP contribution in [0, 0.1) is 0 Å². The third kappa shape index (κ3) is 13.2. The molecule has 0 aromatic rings. The number of hydrogen-bond acceptors (Lipinski definition) is 6. The number of nitrogens with zero attached hydrogens (tertiary/aromatic N) is 2. The van der Waals surface area contributed by atoms with E-state index >= 15 is 0 Å². The quantitative estimate of drug-likeness (QED) is 0.260. The van der Waals surface area contributed by atoms with Crippen LogP contribution in [-0.2, 0) is 39.6 Å². The Hall–Kier alpha value is -1.54. The SMILES string of the molecule is O=C(O)CN(CCN(CC(=O)O)CC(=O)O)CC(=O)O.[Re]. The molecule has 0 saturated heterocycles. The topological polar surface area (TPSA) is 156 Å². The summed E-state index contributed by atoms with van der Waals surface area (Å²) in [4.78, 5) is 44.4. The summed E-state index contributed by atoms with van der Waals surface area (Å²) in [7, 11) is 0. The molecule has 4 N–H and O–H groups in total. The molecule has 1 radical (unpaired) electrons. The van der Waals surface area contributed by atoms with E-state index in [1.165, 1.54) is 0 Å². The second kappa shape index (κ2) is 11.2. The molecular formula is C10H16N2O8Re. The Morgan fingerprint density at radius 2 is 0.762 bits per heavy atom. The molecule has 0 fully saturated rings. The molecular weight excluding hydrogens is 462 g/mol. The van der Waals surface area contributed by atoms with E-state index in [1.54, 1.807) is 0 Å². The molecule has 0 amide bonds. The van der Waals surface area contributed by atoms with Crippen molar-refractivity contribution < 1.29 is 60.0 Å². The van der Waals surface area contributed by atoms with Gasteiger partial charge in [0.2, 0.25) is 0 Å². The summed E-state index contributed by atoms with van der Waals surface area (Å²) in [6.07, 6.45) is 0. The largest absolute Gasteiger partial charge is 0.480 e.